The van der Waals surface area contributed by atoms with Gasteiger partial charge in [0.15, 0.2) is 0 Å². The third kappa shape index (κ3) is 3.02. The number of methoxy groups -OCH3 is 2. The summed E-state index contributed by atoms with van der Waals surface area (Å²) in [5, 5.41) is 0. The predicted molar refractivity (Wildman–Crippen MR) is 65.0 cm³/mol. The Hall–Kier alpha value is -0.400. The van der Waals surface area contributed by atoms with Gasteiger partial charge in [0.25, 0.3) is 0 Å². The molecule has 1 heterocycles. The summed E-state index contributed by atoms with van der Waals surface area (Å²) in [6.07, 6.45) is 1.80. The van der Waals surface area contributed by atoms with Gasteiger partial charge in [-0.3, -0.25) is 4.98 Å². The van der Waals surface area contributed by atoms with Crippen molar-refractivity contribution >= 4 is 23.0 Å². The SMILES string of the molecule is COCc1c(COI)cnc(C)c1OC. The van der Waals surface area contributed by atoms with Crippen molar-refractivity contribution in [3.05, 3.63) is 23.0 Å². The van der Waals surface area contributed by atoms with Crippen LogP contribution in [0.3, 0.4) is 0 Å². The Morgan fingerprint density at radius 2 is 2.07 bits per heavy atom. The van der Waals surface area contributed by atoms with Gasteiger partial charge >= 0.3 is 0 Å². The van der Waals surface area contributed by atoms with Crippen LogP contribution in [0.5, 0.6) is 5.75 Å². The zero-order valence-electron chi connectivity index (χ0n) is 9.04. The summed E-state index contributed by atoms with van der Waals surface area (Å²) < 4.78 is 15.5. The summed E-state index contributed by atoms with van der Waals surface area (Å²) in [6, 6.07) is 0. The lowest BCUT2D eigenvalue weighted by Crippen LogP contribution is -2.04. The number of aromatic nitrogens is 1. The van der Waals surface area contributed by atoms with Crippen molar-refractivity contribution in [2.45, 2.75) is 20.1 Å². The molecule has 0 bridgehead atoms. The Morgan fingerprint density at radius 3 is 2.60 bits per heavy atom. The van der Waals surface area contributed by atoms with Crippen molar-refractivity contribution in [3.63, 3.8) is 0 Å². The molecule has 0 aliphatic rings. The normalized spacial score (nSPS) is 10.4. The van der Waals surface area contributed by atoms with Crippen LogP contribution in [0.2, 0.25) is 0 Å². The van der Waals surface area contributed by atoms with Crippen molar-refractivity contribution in [3.8, 4) is 5.75 Å². The maximum Gasteiger partial charge on any atom is 0.145 e. The molecule has 15 heavy (non-hydrogen) atoms. The lowest BCUT2D eigenvalue weighted by atomic mass is 10.1. The summed E-state index contributed by atoms with van der Waals surface area (Å²) in [5.41, 5.74) is 2.86. The summed E-state index contributed by atoms with van der Waals surface area (Å²) in [4.78, 5) is 4.25. The van der Waals surface area contributed by atoms with Gasteiger partial charge < -0.3 is 12.5 Å². The topological polar surface area (TPSA) is 40.6 Å². The van der Waals surface area contributed by atoms with Crippen molar-refractivity contribution in [1.29, 1.82) is 0 Å². The number of pyridine rings is 1. The van der Waals surface area contributed by atoms with Crippen LogP contribution in [0, 0.1) is 6.92 Å². The molecule has 0 aliphatic carbocycles. The highest BCUT2D eigenvalue weighted by molar-refractivity contribution is 14.1. The van der Waals surface area contributed by atoms with E-state index in [0.717, 1.165) is 22.6 Å². The Balaban J connectivity index is 3.15. The molecule has 5 heteroatoms. The molecule has 0 aliphatic heterocycles. The average molecular weight is 323 g/mol. The summed E-state index contributed by atoms with van der Waals surface area (Å²) >= 11 is 1.86. The number of ether oxygens (including phenoxy) is 2. The first-order valence-electron chi connectivity index (χ1n) is 4.48. The number of aryl methyl sites for hydroxylation is 1. The van der Waals surface area contributed by atoms with Gasteiger partial charge in [-0.1, -0.05) is 0 Å². The molecular formula is C10H14INO3. The summed E-state index contributed by atoms with van der Waals surface area (Å²) in [6.45, 7) is 2.91. The number of halogens is 1. The molecule has 1 aromatic rings. The number of hydrogen-bond donors (Lipinski definition) is 0. The molecule has 0 saturated heterocycles. The molecule has 1 aromatic heterocycles. The number of rotatable bonds is 5. The zero-order valence-corrected chi connectivity index (χ0v) is 11.2. The molecule has 4 nitrogen and oxygen atoms in total. The van der Waals surface area contributed by atoms with Crippen LogP contribution in [-0.2, 0) is 21.0 Å². The first kappa shape index (κ1) is 12.7. The van der Waals surface area contributed by atoms with E-state index in [0.29, 0.717) is 13.2 Å². The molecule has 0 N–H and O–H groups in total. The molecule has 0 radical (unpaired) electrons. The minimum atomic E-state index is 0.502. The highest BCUT2D eigenvalue weighted by atomic mass is 127. The fourth-order valence-electron chi connectivity index (χ4n) is 1.43. The monoisotopic (exact) mass is 323 g/mol. The van der Waals surface area contributed by atoms with Crippen molar-refractivity contribution in [2.24, 2.45) is 0 Å². The van der Waals surface area contributed by atoms with Crippen LogP contribution in [0.25, 0.3) is 0 Å². The Kier molecular flexibility index (Phi) is 5.27. The molecule has 84 valence electrons. The lowest BCUT2D eigenvalue weighted by molar-refractivity contribution is 0.179. The fourth-order valence-corrected chi connectivity index (χ4v) is 1.77. The highest BCUT2D eigenvalue weighted by Gasteiger charge is 2.12. The summed E-state index contributed by atoms with van der Waals surface area (Å²) in [7, 11) is 3.29. The van der Waals surface area contributed by atoms with Crippen molar-refractivity contribution < 1.29 is 12.5 Å². The summed E-state index contributed by atoms with van der Waals surface area (Å²) in [5.74, 6) is 0.780. The predicted octanol–water partition coefficient (Wildman–Crippen LogP) is 2.41. The van der Waals surface area contributed by atoms with Crippen LogP contribution < -0.4 is 4.74 Å². The molecule has 0 spiro atoms. The van der Waals surface area contributed by atoms with E-state index < -0.39 is 0 Å². The minimum Gasteiger partial charge on any atom is -0.494 e. The molecular weight excluding hydrogens is 309 g/mol. The van der Waals surface area contributed by atoms with Crippen molar-refractivity contribution in [1.82, 2.24) is 4.98 Å². The highest BCUT2D eigenvalue weighted by Crippen LogP contribution is 2.26. The molecule has 1 rings (SSSR count). The molecule has 0 aromatic carbocycles. The third-order valence-corrected chi connectivity index (χ3v) is 2.42. The standard InChI is InChI=1S/C10H14INO3/c1-7-10(14-3)9(6-13-2)8(4-12-7)5-15-11/h4H,5-6H2,1-3H3. The minimum absolute atomic E-state index is 0.502. The largest absolute Gasteiger partial charge is 0.494 e. The van der Waals surface area contributed by atoms with Gasteiger partial charge in [0.1, 0.15) is 28.8 Å². The number of hydrogen-bond acceptors (Lipinski definition) is 4. The average Bonchev–Trinajstić information content (AvgIpc) is 2.23. The van der Waals surface area contributed by atoms with Gasteiger partial charge in [-0.25, -0.2) is 0 Å². The van der Waals surface area contributed by atoms with Gasteiger partial charge in [-0.15, -0.1) is 0 Å². The Bertz CT molecular complexity index is 331. The maximum absolute atomic E-state index is 5.32. The molecule has 0 amide bonds. The Morgan fingerprint density at radius 1 is 1.33 bits per heavy atom. The van der Waals surface area contributed by atoms with Crippen molar-refractivity contribution in [2.75, 3.05) is 14.2 Å². The van der Waals surface area contributed by atoms with Gasteiger partial charge in [0.2, 0.25) is 0 Å². The fraction of sp³-hybridized carbons (Fsp3) is 0.500. The lowest BCUT2D eigenvalue weighted by Gasteiger charge is -2.13. The van der Waals surface area contributed by atoms with E-state index in [-0.39, 0.29) is 0 Å². The van der Waals surface area contributed by atoms with Crippen LogP contribution >= 0.6 is 23.0 Å². The molecule has 0 fully saturated rings. The first-order valence-corrected chi connectivity index (χ1v) is 5.36. The van der Waals surface area contributed by atoms with Crippen LogP contribution in [0.15, 0.2) is 6.20 Å². The second-order valence-electron chi connectivity index (χ2n) is 3.07. The quantitative estimate of drug-likeness (QED) is 0.781. The zero-order chi connectivity index (χ0) is 11.3. The van der Waals surface area contributed by atoms with E-state index in [4.69, 9.17) is 12.5 Å². The van der Waals surface area contributed by atoms with E-state index in [1.165, 1.54) is 0 Å². The number of nitrogens with zero attached hydrogens (tertiary/aromatic N) is 1. The van der Waals surface area contributed by atoms with Gasteiger partial charge in [-0.2, -0.15) is 0 Å². The first-order chi connectivity index (χ1) is 7.24. The van der Waals surface area contributed by atoms with E-state index in [1.807, 2.05) is 29.9 Å². The maximum atomic E-state index is 5.32. The van der Waals surface area contributed by atoms with E-state index in [1.54, 1.807) is 20.4 Å². The van der Waals surface area contributed by atoms with E-state index in [2.05, 4.69) is 4.98 Å². The van der Waals surface area contributed by atoms with E-state index >= 15 is 0 Å². The Labute approximate surface area is 104 Å². The van der Waals surface area contributed by atoms with Crippen LogP contribution in [0.1, 0.15) is 16.8 Å². The van der Waals surface area contributed by atoms with E-state index in [9.17, 15) is 0 Å². The van der Waals surface area contributed by atoms with Gasteiger partial charge in [0, 0.05) is 24.4 Å². The molecule has 0 atom stereocenters. The van der Waals surface area contributed by atoms with Gasteiger partial charge in [-0.05, 0) is 6.92 Å². The third-order valence-electron chi connectivity index (χ3n) is 2.11. The van der Waals surface area contributed by atoms with Crippen LogP contribution in [-0.4, -0.2) is 19.2 Å². The molecule has 0 saturated carbocycles. The van der Waals surface area contributed by atoms with Crippen LogP contribution in [0.4, 0.5) is 0 Å². The second-order valence-corrected chi connectivity index (χ2v) is 3.69. The van der Waals surface area contributed by atoms with Gasteiger partial charge in [0.05, 0.1) is 26.0 Å². The smallest absolute Gasteiger partial charge is 0.145 e. The molecule has 0 unspecified atom stereocenters. The second kappa shape index (κ2) is 6.24.